The Morgan fingerprint density at radius 1 is 0.688 bits per heavy atom. The normalized spacial score (nSPS) is 11.7. The van der Waals surface area contributed by atoms with Crippen molar-refractivity contribution in [3.05, 3.63) is 48.5 Å². The molecular weight excluding hydrogens is 394 g/mol. The van der Waals surface area contributed by atoms with E-state index >= 15 is 0 Å². The molecule has 2 aromatic carbocycles. The van der Waals surface area contributed by atoms with E-state index in [-0.39, 0.29) is 0 Å². The Labute approximate surface area is 194 Å². The fourth-order valence-electron chi connectivity index (χ4n) is 4.41. The van der Waals surface area contributed by atoms with E-state index in [1.54, 1.807) is 0 Å². The van der Waals surface area contributed by atoms with Crippen LogP contribution in [0.2, 0.25) is 0 Å². The summed E-state index contributed by atoms with van der Waals surface area (Å²) >= 11 is 0. The molecule has 0 saturated carbocycles. The van der Waals surface area contributed by atoms with Crippen molar-refractivity contribution in [3.8, 4) is 11.4 Å². The number of benzene rings is 2. The number of rotatable bonds is 13. The summed E-state index contributed by atoms with van der Waals surface area (Å²) in [6.07, 6.45) is 0. The van der Waals surface area contributed by atoms with Gasteiger partial charge in [-0.05, 0) is 69.5 Å². The molecule has 32 heavy (non-hydrogen) atoms. The zero-order valence-corrected chi connectivity index (χ0v) is 20.7. The lowest BCUT2D eigenvalue weighted by Gasteiger charge is -2.30. The molecule has 0 aliphatic rings. The molecule has 0 fully saturated rings. The predicted molar refractivity (Wildman–Crippen MR) is 139 cm³/mol. The molecule has 0 amide bonds. The Kier molecular flexibility index (Phi) is 9.12. The summed E-state index contributed by atoms with van der Waals surface area (Å²) in [7, 11) is 0. The molecule has 1 aromatic heterocycles. The van der Waals surface area contributed by atoms with E-state index in [4.69, 9.17) is 4.98 Å². The number of hydrogen-bond donors (Lipinski definition) is 0. The van der Waals surface area contributed by atoms with E-state index in [9.17, 15) is 0 Å². The molecule has 3 aromatic rings. The number of likely N-dealkylation sites (N-methyl/N-ethyl adjacent to an activating group) is 2. The van der Waals surface area contributed by atoms with Crippen molar-refractivity contribution in [2.75, 3.05) is 57.3 Å². The molecule has 0 bridgehead atoms. The van der Waals surface area contributed by atoms with E-state index in [1.165, 1.54) is 16.8 Å². The Morgan fingerprint density at radius 3 is 1.78 bits per heavy atom. The number of hydrogen-bond acceptors (Lipinski definition) is 4. The van der Waals surface area contributed by atoms with Crippen molar-refractivity contribution >= 4 is 16.7 Å². The first-order valence-corrected chi connectivity index (χ1v) is 12.4. The minimum absolute atomic E-state index is 0.914. The van der Waals surface area contributed by atoms with Gasteiger partial charge in [-0.2, -0.15) is 0 Å². The van der Waals surface area contributed by atoms with Crippen molar-refractivity contribution in [1.82, 2.24) is 19.4 Å². The summed E-state index contributed by atoms with van der Waals surface area (Å²) in [5.41, 5.74) is 4.74. The number of aromatic nitrogens is 2. The highest BCUT2D eigenvalue weighted by atomic mass is 15.2. The van der Waals surface area contributed by atoms with Gasteiger partial charge in [-0.25, -0.2) is 4.98 Å². The summed E-state index contributed by atoms with van der Waals surface area (Å²) in [6.45, 7) is 20.8. The second-order valence-electron chi connectivity index (χ2n) is 8.26. The topological polar surface area (TPSA) is 27.5 Å². The first-order valence-electron chi connectivity index (χ1n) is 12.4. The van der Waals surface area contributed by atoms with Crippen LogP contribution in [0.25, 0.3) is 22.4 Å². The molecule has 0 aliphatic carbocycles. The monoisotopic (exact) mass is 435 g/mol. The Bertz CT molecular complexity index is 922. The van der Waals surface area contributed by atoms with Crippen LogP contribution in [0.1, 0.15) is 34.6 Å². The zero-order valence-electron chi connectivity index (χ0n) is 20.7. The molecule has 5 heteroatoms. The van der Waals surface area contributed by atoms with E-state index in [1.807, 2.05) is 0 Å². The van der Waals surface area contributed by atoms with Crippen LogP contribution < -0.4 is 4.90 Å². The van der Waals surface area contributed by atoms with Gasteiger partial charge in [-0.15, -0.1) is 0 Å². The van der Waals surface area contributed by atoms with E-state index in [0.717, 1.165) is 70.2 Å². The van der Waals surface area contributed by atoms with Crippen LogP contribution in [0.4, 0.5) is 5.69 Å². The third-order valence-corrected chi connectivity index (χ3v) is 6.62. The summed E-state index contributed by atoms with van der Waals surface area (Å²) in [6, 6.07) is 17.4. The molecule has 5 nitrogen and oxygen atoms in total. The predicted octanol–water partition coefficient (Wildman–Crippen LogP) is 5.21. The SMILES string of the molecule is CCN(CC)CCN(CCN(CC)CC)c1ccc(-c2nc3ccccc3n2CC)cc1. The number of para-hydroxylation sites is 2. The minimum atomic E-state index is 0.914. The number of imidazole rings is 1. The van der Waals surface area contributed by atoms with Crippen LogP contribution in [0.3, 0.4) is 0 Å². The van der Waals surface area contributed by atoms with Crippen molar-refractivity contribution in [2.24, 2.45) is 0 Å². The van der Waals surface area contributed by atoms with Crippen LogP contribution in [0.5, 0.6) is 0 Å². The maximum atomic E-state index is 4.93. The van der Waals surface area contributed by atoms with Crippen molar-refractivity contribution in [1.29, 1.82) is 0 Å². The average molecular weight is 436 g/mol. The van der Waals surface area contributed by atoms with Crippen LogP contribution in [0.15, 0.2) is 48.5 Å². The fourth-order valence-corrected chi connectivity index (χ4v) is 4.41. The van der Waals surface area contributed by atoms with Crippen LogP contribution in [-0.4, -0.2) is 71.7 Å². The average Bonchev–Trinajstić information content (AvgIpc) is 3.22. The van der Waals surface area contributed by atoms with Gasteiger partial charge in [0.15, 0.2) is 0 Å². The molecule has 174 valence electrons. The maximum absolute atomic E-state index is 4.93. The Hall–Kier alpha value is -2.37. The van der Waals surface area contributed by atoms with Gasteiger partial charge in [0.25, 0.3) is 0 Å². The third kappa shape index (κ3) is 5.70. The van der Waals surface area contributed by atoms with Crippen molar-refractivity contribution in [3.63, 3.8) is 0 Å². The fraction of sp³-hybridized carbons (Fsp3) is 0.519. The third-order valence-electron chi connectivity index (χ3n) is 6.62. The van der Waals surface area contributed by atoms with Gasteiger partial charge in [0.1, 0.15) is 5.82 Å². The quantitative estimate of drug-likeness (QED) is 0.368. The lowest BCUT2D eigenvalue weighted by molar-refractivity contribution is 0.294. The van der Waals surface area contributed by atoms with E-state index in [2.05, 4.69) is 102 Å². The first-order chi connectivity index (χ1) is 15.6. The molecule has 1 heterocycles. The molecule has 0 N–H and O–H groups in total. The lowest BCUT2D eigenvalue weighted by Crippen LogP contribution is -2.39. The first kappa shape index (κ1) is 24.3. The standard InChI is InChI=1S/C27H41N5/c1-6-29(7-2)19-21-31(22-20-30(8-3)9-4)24-17-15-23(16-18-24)27-28-25-13-11-12-14-26(25)32(27)10-5/h11-18H,6-10,19-22H2,1-5H3. The highest BCUT2D eigenvalue weighted by molar-refractivity contribution is 5.80. The second kappa shape index (κ2) is 12.0. The number of anilines is 1. The van der Waals surface area contributed by atoms with Gasteiger partial charge in [0.05, 0.1) is 11.0 Å². The highest BCUT2D eigenvalue weighted by Gasteiger charge is 2.14. The number of fused-ring (bicyclic) bond motifs is 1. The smallest absolute Gasteiger partial charge is 0.141 e. The molecule has 0 radical (unpaired) electrons. The summed E-state index contributed by atoms with van der Waals surface area (Å²) in [4.78, 5) is 12.5. The molecule has 3 rings (SSSR count). The molecule has 0 spiro atoms. The number of aryl methyl sites for hydroxylation is 1. The second-order valence-corrected chi connectivity index (χ2v) is 8.26. The highest BCUT2D eigenvalue weighted by Crippen LogP contribution is 2.27. The summed E-state index contributed by atoms with van der Waals surface area (Å²) in [5, 5.41) is 0. The van der Waals surface area contributed by atoms with E-state index < -0.39 is 0 Å². The molecule has 0 atom stereocenters. The molecule has 0 unspecified atom stereocenters. The maximum Gasteiger partial charge on any atom is 0.141 e. The number of nitrogens with zero attached hydrogens (tertiary/aromatic N) is 5. The van der Waals surface area contributed by atoms with Crippen LogP contribution in [0, 0.1) is 0 Å². The van der Waals surface area contributed by atoms with Crippen molar-refractivity contribution in [2.45, 2.75) is 41.2 Å². The lowest BCUT2D eigenvalue weighted by atomic mass is 10.1. The van der Waals surface area contributed by atoms with Crippen molar-refractivity contribution < 1.29 is 0 Å². The van der Waals surface area contributed by atoms with Gasteiger partial charge >= 0.3 is 0 Å². The molecule has 0 aliphatic heterocycles. The van der Waals surface area contributed by atoms with Gasteiger partial charge < -0.3 is 19.3 Å². The molecule has 0 saturated heterocycles. The summed E-state index contributed by atoms with van der Waals surface area (Å²) < 4.78 is 2.31. The Morgan fingerprint density at radius 2 is 1.25 bits per heavy atom. The minimum Gasteiger partial charge on any atom is -0.369 e. The van der Waals surface area contributed by atoms with E-state index in [0.29, 0.717) is 0 Å². The van der Waals surface area contributed by atoms with Gasteiger partial charge in [-0.1, -0.05) is 39.8 Å². The summed E-state index contributed by atoms with van der Waals surface area (Å²) in [5.74, 6) is 1.05. The Balaban J connectivity index is 1.83. The molecular formula is C27H41N5. The zero-order chi connectivity index (χ0) is 22.9. The van der Waals surface area contributed by atoms with Gasteiger partial charge in [0, 0.05) is 44.0 Å². The largest absolute Gasteiger partial charge is 0.369 e. The van der Waals surface area contributed by atoms with Crippen LogP contribution >= 0.6 is 0 Å². The van der Waals surface area contributed by atoms with Gasteiger partial charge in [0.2, 0.25) is 0 Å². The van der Waals surface area contributed by atoms with Crippen LogP contribution in [-0.2, 0) is 6.54 Å². The van der Waals surface area contributed by atoms with Gasteiger partial charge in [-0.3, -0.25) is 0 Å².